The van der Waals surface area contributed by atoms with Gasteiger partial charge in [-0.2, -0.15) is 0 Å². The molecule has 6 nitrogen and oxygen atoms in total. The van der Waals surface area contributed by atoms with E-state index in [0.717, 1.165) is 11.3 Å². The summed E-state index contributed by atoms with van der Waals surface area (Å²) in [6, 6.07) is 3.62. The van der Waals surface area contributed by atoms with Crippen molar-refractivity contribution in [2.24, 2.45) is 5.41 Å². The lowest BCUT2D eigenvalue weighted by atomic mass is 9.88. The Hall–Kier alpha value is -1.63. The van der Waals surface area contributed by atoms with Gasteiger partial charge < -0.3 is 14.6 Å². The molecule has 1 aliphatic rings. The number of hydrogen-bond donors (Lipinski definition) is 2. The molecule has 0 bridgehead atoms. The second-order valence-electron chi connectivity index (χ2n) is 5.53. The highest BCUT2D eigenvalue weighted by Gasteiger charge is 2.44. The number of hydrogen-bond acceptors (Lipinski definition) is 4. The second kappa shape index (κ2) is 5.29. The van der Waals surface area contributed by atoms with Crippen molar-refractivity contribution >= 4 is 23.2 Å². The van der Waals surface area contributed by atoms with Crippen molar-refractivity contribution in [2.75, 3.05) is 19.7 Å². The summed E-state index contributed by atoms with van der Waals surface area (Å²) in [7, 11) is 0. The van der Waals surface area contributed by atoms with Crippen LogP contribution >= 0.6 is 11.6 Å². The summed E-state index contributed by atoms with van der Waals surface area (Å²) < 4.78 is 1.90. The summed E-state index contributed by atoms with van der Waals surface area (Å²) in [5.41, 5.74) is 0.713. The maximum atomic E-state index is 11.3. The first-order chi connectivity index (χ1) is 10.0. The summed E-state index contributed by atoms with van der Waals surface area (Å²) in [4.78, 5) is 17.7. The fourth-order valence-electron chi connectivity index (χ4n) is 2.82. The zero-order valence-electron chi connectivity index (χ0n) is 11.4. The summed E-state index contributed by atoms with van der Waals surface area (Å²) in [6.45, 7) is 1.22. The Balaban J connectivity index is 1.81. The van der Waals surface area contributed by atoms with Gasteiger partial charge in [0.15, 0.2) is 0 Å². The van der Waals surface area contributed by atoms with Crippen LogP contribution in [0.1, 0.15) is 12.1 Å². The molecule has 1 unspecified atom stereocenters. The largest absolute Gasteiger partial charge is 0.481 e. The van der Waals surface area contributed by atoms with Crippen LogP contribution in [-0.4, -0.2) is 50.2 Å². The lowest BCUT2D eigenvalue weighted by Gasteiger charge is -2.22. The summed E-state index contributed by atoms with van der Waals surface area (Å²) in [5.74, 6) is -0.936. The van der Waals surface area contributed by atoms with E-state index in [4.69, 9.17) is 11.6 Å². The number of carbonyl (C=O) groups is 1. The second-order valence-corrected chi connectivity index (χ2v) is 5.97. The van der Waals surface area contributed by atoms with Gasteiger partial charge in [0.1, 0.15) is 11.1 Å². The normalized spacial score (nSPS) is 23.0. The first kappa shape index (κ1) is 14.3. The van der Waals surface area contributed by atoms with Gasteiger partial charge in [-0.15, -0.1) is 0 Å². The number of carboxylic acid groups (broad SMARTS) is 1. The maximum absolute atomic E-state index is 11.3. The average molecular weight is 310 g/mol. The summed E-state index contributed by atoms with van der Waals surface area (Å²) in [6.07, 6.45) is 4.02. The van der Waals surface area contributed by atoms with Crippen LogP contribution in [0.25, 0.3) is 5.65 Å². The van der Waals surface area contributed by atoms with E-state index in [1.165, 1.54) is 0 Å². The lowest BCUT2D eigenvalue weighted by Crippen LogP contribution is -2.37. The Bertz CT molecular complexity index is 687. The smallest absolute Gasteiger partial charge is 0.313 e. The van der Waals surface area contributed by atoms with Gasteiger partial charge in [-0.05, 0) is 25.1 Å². The molecule has 0 saturated carbocycles. The van der Waals surface area contributed by atoms with Gasteiger partial charge in [0.25, 0.3) is 0 Å². The van der Waals surface area contributed by atoms with E-state index in [-0.39, 0.29) is 6.61 Å². The third kappa shape index (κ3) is 2.50. The molecule has 112 valence electrons. The Morgan fingerprint density at radius 3 is 2.95 bits per heavy atom. The van der Waals surface area contributed by atoms with E-state index in [9.17, 15) is 15.0 Å². The van der Waals surface area contributed by atoms with E-state index in [1.54, 1.807) is 18.5 Å². The number of nitrogens with zero attached hydrogens (tertiary/aromatic N) is 3. The van der Waals surface area contributed by atoms with Gasteiger partial charge in [-0.3, -0.25) is 9.69 Å². The number of aliphatic hydroxyl groups excluding tert-OH is 1. The van der Waals surface area contributed by atoms with E-state index >= 15 is 0 Å². The van der Waals surface area contributed by atoms with E-state index in [2.05, 4.69) is 4.98 Å². The molecular weight excluding hydrogens is 294 g/mol. The number of aromatic nitrogens is 2. The first-order valence-electron chi connectivity index (χ1n) is 6.72. The molecule has 21 heavy (non-hydrogen) atoms. The van der Waals surface area contributed by atoms with Crippen LogP contribution in [-0.2, 0) is 11.3 Å². The van der Waals surface area contributed by atoms with Crippen molar-refractivity contribution in [1.82, 2.24) is 14.3 Å². The molecule has 1 fully saturated rings. The Labute approximate surface area is 126 Å². The van der Waals surface area contributed by atoms with Gasteiger partial charge in [0, 0.05) is 19.3 Å². The molecule has 7 heteroatoms. The monoisotopic (exact) mass is 309 g/mol. The third-order valence-corrected chi connectivity index (χ3v) is 4.34. The molecular formula is C14H16ClN3O3. The van der Waals surface area contributed by atoms with Crippen LogP contribution in [0.5, 0.6) is 0 Å². The van der Waals surface area contributed by atoms with Crippen LogP contribution in [0.15, 0.2) is 24.5 Å². The lowest BCUT2D eigenvalue weighted by molar-refractivity contribution is -0.150. The Morgan fingerprint density at radius 2 is 2.29 bits per heavy atom. The maximum Gasteiger partial charge on any atom is 0.313 e. The number of carboxylic acids is 1. The standard InChI is InChI=1S/C14H16ClN3O3/c15-10-1-2-12-16-5-11(18(12)6-10)7-17-4-3-14(8-17,9-19)13(20)21/h1-2,5-6,19H,3-4,7-9H2,(H,20,21). The quantitative estimate of drug-likeness (QED) is 0.889. The van der Waals surface area contributed by atoms with E-state index in [0.29, 0.717) is 31.1 Å². The van der Waals surface area contributed by atoms with Gasteiger partial charge in [-0.25, -0.2) is 4.98 Å². The molecule has 0 amide bonds. The summed E-state index contributed by atoms with van der Waals surface area (Å²) in [5, 5.41) is 19.3. The number of likely N-dealkylation sites (tertiary alicyclic amines) is 1. The topological polar surface area (TPSA) is 78.1 Å². The number of fused-ring (bicyclic) bond motifs is 1. The van der Waals surface area contributed by atoms with Gasteiger partial charge >= 0.3 is 5.97 Å². The zero-order chi connectivity index (χ0) is 15.0. The zero-order valence-corrected chi connectivity index (χ0v) is 12.1. The van der Waals surface area contributed by atoms with E-state index < -0.39 is 11.4 Å². The Morgan fingerprint density at radius 1 is 1.48 bits per heavy atom. The van der Waals surface area contributed by atoms with E-state index in [1.807, 2.05) is 15.4 Å². The van der Waals surface area contributed by atoms with Crippen LogP contribution in [0.2, 0.25) is 5.02 Å². The van der Waals surface area contributed by atoms with Gasteiger partial charge in [0.2, 0.25) is 0 Å². The highest BCUT2D eigenvalue weighted by Crippen LogP contribution is 2.31. The number of aliphatic carboxylic acids is 1. The fourth-order valence-corrected chi connectivity index (χ4v) is 2.98. The van der Waals surface area contributed by atoms with Gasteiger partial charge in [0.05, 0.1) is 23.5 Å². The highest BCUT2D eigenvalue weighted by molar-refractivity contribution is 6.30. The molecule has 1 atom stereocenters. The molecule has 2 N–H and O–H groups in total. The van der Waals surface area contributed by atoms with Crippen molar-refractivity contribution in [3.05, 3.63) is 35.2 Å². The van der Waals surface area contributed by atoms with Gasteiger partial charge in [-0.1, -0.05) is 11.6 Å². The molecule has 0 aromatic carbocycles. The van der Waals surface area contributed by atoms with Crippen LogP contribution < -0.4 is 0 Å². The third-order valence-electron chi connectivity index (χ3n) is 4.12. The molecule has 1 aliphatic heterocycles. The molecule has 1 saturated heterocycles. The molecule has 0 radical (unpaired) electrons. The molecule has 0 spiro atoms. The predicted molar refractivity (Wildman–Crippen MR) is 77.3 cm³/mol. The van der Waals surface area contributed by atoms with Crippen molar-refractivity contribution in [1.29, 1.82) is 0 Å². The number of halogens is 1. The minimum Gasteiger partial charge on any atom is -0.481 e. The van der Waals surface area contributed by atoms with Crippen molar-refractivity contribution < 1.29 is 15.0 Å². The number of pyridine rings is 1. The van der Waals surface area contributed by atoms with Crippen LogP contribution in [0.4, 0.5) is 0 Å². The molecule has 3 rings (SSSR count). The SMILES string of the molecule is O=C(O)C1(CO)CCN(Cc2cnc3ccc(Cl)cn23)C1. The molecule has 3 heterocycles. The van der Waals surface area contributed by atoms with Crippen molar-refractivity contribution in [3.63, 3.8) is 0 Å². The Kier molecular flexibility index (Phi) is 3.61. The molecule has 2 aromatic rings. The van der Waals surface area contributed by atoms with Crippen LogP contribution in [0.3, 0.4) is 0 Å². The average Bonchev–Trinajstić information content (AvgIpc) is 3.05. The minimum atomic E-state index is -1.04. The highest BCUT2D eigenvalue weighted by atomic mass is 35.5. The van der Waals surface area contributed by atoms with Crippen LogP contribution in [0, 0.1) is 5.41 Å². The predicted octanol–water partition coefficient (Wildman–Crippen LogP) is 1.26. The molecule has 2 aromatic heterocycles. The fraction of sp³-hybridized carbons (Fsp3) is 0.429. The van der Waals surface area contributed by atoms with Crippen molar-refractivity contribution in [2.45, 2.75) is 13.0 Å². The van der Waals surface area contributed by atoms with Crippen molar-refractivity contribution in [3.8, 4) is 0 Å². The minimum absolute atomic E-state index is 0.336. The number of imidazole rings is 1. The number of aliphatic hydroxyl groups is 1. The summed E-state index contributed by atoms with van der Waals surface area (Å²) >= 11 is 6.00. The first-order valence-corrected chi connectivity index (χ1v) is 7.10. The number of rotatable bonds is 4. The molecule has 0 aliphatic carbocycles.